The van der Waals surface area contributed by atoms with E-state index in [0.29, 0.717) is 5.23 Å². The minimum Gasteiger partial charge on any atom is -0.394 e. The first kappa shape index (κ1) is 19.3. The Labute approximate surface area is 105 Å². The number of rotatable bonds is 10. The Balaban J connectivity index is 0. The molecule has 0 unspecified atom stereocenters. The highest BCUT2D eigenvalue weighted by Gasteiger charge is 2.38. The molecule has 5 N–H and O–H groups in total. The van der Waals surface area contributed by atoms with Crippen LogP contribution in [0, 0.1) is 0 Å². The summed E-state index contributed by atoms with van der Waals surface area (Å²) in [7, 11) is 0. The smallest absolute Gasteiger partial charge is 0.142 e. The van der Waals surface area contributed by atoms with Crippen LogP contribution in [-0.2, 0) is 9.68 Å². The standard InChI is InChI=1S/C8H19NO7.ClH/c10-1-3-15-9(16-4-2-11)8(5-12,6-13)7-14;/h10-14H,1-7H2;1H. The zero-order valence-electron chi connectivity index (χ0n) is 9.36. The molecule has 0 radical (unpaired) electrons. The van der Waals surface area contributed by atoms with Crippen molar-refractivity contribution in [3.8, 4) is 0 Å². The number of hydroxylamine groups is 2. The summed E-state index contributed by atoms with van der Waals surface area (Å²) >= 11 is 0. The molecule has 0 saturated carbocycles. The summed E-state index contributed by atoms with van der Waals surface area (Å²) < 4.78 is 0. The van der Waals surface area contributed by atoms with Crippen LogP contribution >= 0.6 is 12.4 Å². The van der Waals surface area contributed by atoms with Crippen LogP contribution in [0.5, 0.6) is 0 Å². The third-order valence-corrected chi connectivity index (χ3v) is 1.87. The summed E-state index contributed by atoms with van der Waals surface area (Å²) in [5.74, 6) is 0. The lowest BCUT2D eigenvalue weighted by Gasteiger charge is -2.36. The van der Waals surface area contributed by atoms with Crippen LogP contribution in [0.2, 0.25) is 0 Å². The number of nitrogens with zero attached hydrogens (tertiary/aromatic N) is 1. The lowest BCUT2D eigenvalue weighted by Crippen LogP contribution is -2.57. The molecule has 17 heavy (non-hydrogen) atoms. The van der Waals surface area contributed by atoms with Crippen molar-refractivity contribution < 1.29 is 35.2 Å². The number of hydrogen-bond donors (Lipinski definition) is 5. The predicted molar refractivity (Wildman–Crippen MR) is 59.2 cm³/mol. The second-order valence-electron chi connectivity index (χ2n) is 3.07. The van der Waals surface area contributed by atoms with Crippen LogP contribution < -0.4 is 0 Å². The van der Waals surface area contributed by atoms with Gasteiger partial charge in [-0.2, -0.15) is 0 Å². The molecule has 0 amide bonds. The van der Waals surface area contributed by atoms with Gasteiger partial charge in [-0.1, -0.05) is 5.23 Å². The van der Waals surface area contributed by atoms with E-state index in [1.54, 1.807) is 0 Å². The molecular weight excluding hydrogens is 258 g/mol. The average molecular weight is 278 g/mol. The fourth-order valence-corrected chi connectivity index (χ4v) is 0.882. The maximum Gasteiger partial charge on any atom is 0.142 e. The Bertz CT molecular complexity index is 154. The van der Waals surface area contributed by atoms with Gasteiger partial charge in [-0.05, 0) is 0 Å². The molecule has 0 fully saturated rings. The molecule has 0 aromatic rings. The largest absolute Gasteiger partial charge is 0.394 e. The first-order valence-corrected chi connectivity index (χ1v) is 4.81. The van der Waals surface area contributed by atoms with Gasteiger partial charge in [0.1, 0.15) is 5.54 Å². The maximum atomic E-state index is 9.10. The van der Waals surface area contributed by atoms with Gasteiger partial charge in [0.2, 0.25) is 0 Å². The molecule has 0 spiro atoms. The van der Waals surface area contributed by atoms with Crippen molar-refractivity contribution in [3.05, 3.63) is 0 Å². The number of aliphatic hydroxyl groups excluding tert-OH is 5. The summed E-state index contributed by atoms with van der Waals surface area (Å²) in [5.41, 5.74) is -1.52. The van der Waals surface area contributed by atoms with Crippen molar-refractivity contribution >= 4 is 12.4 Å². The van der Waals surface area contributed by atoms with E-state index in [2.05, 4.69) is 0 Å². The Morgan fingerprint density at radius 3 is 1.35 bits per heavy atom. The van der Waals surface area contributed by atoms with Gasteiger partial charge in [-0.3, -0.25) is 9.68 Å². The predicted octanol–water partition coefficient (Wildman–Crippen LogP) is -2.73. The molecule has 0 rings (SSSR count). The van der Waals surface area contributed by atoms with Crippen molar-refractivity contribution in [1.29, 1.82) is 0 Å². The van der Waals surface area contributed by atoms with Crippen molar-refractivity contribution in [3.63, 3.8) is 0 Å². The first-order chi connectivity index (χ1) is 7.70. The highest BCUT2D eigenvalue weighted by molar-refractivity contribution is 5.85. The van der Waals surface area contributed by atoms with Crippen molar-refractivity contribution in [1.82, 2.24) is 5.23 Å². The van der Waals surface area contributed by atoms with E-state index in [0.717, 1.165) is 0 Å². The zero-order valence-corrected chi connectivity index (χ0v) is 10.2. The molecule has 9 heteroatoms. The molecule has 0 atom stereocenters. The SMILES string of the molecule is Cl.OCCON(OCCO)C(CO)(CO)CO. The summed E-state index contributed by atoms with van der Waals surface area (Å²) in [4.78, 5) is 9.80. The second kappa shape index (κ2) is 11.1. The van der Waals surface area contributed by atoms with Crippen molar-refractivity contribution in [2.75, 3.05) is 46.2 Å². The highest BCUT2D eigenvalue weighted by Crippen LogP contribution is 2.15. The van der Waals surface area contributed by atoms with E-state index in [9.17, 15) is 0 Å². The fourth-order valence-electron chi connectivity index (χ4n) is 0.882. The summed E-state index contributed by atoms with van der Waals surface area (Å²) in [5, 5.41) is 45.2. The lowest BCUT2D eigenvalue weighted by molar-refractivity contribution is -0.426. The van der Waals surface area contributed by atoms with Crippen molar-refractivity contribution in [2.45, 2.75) is 5.54 Å². The van der Waals surface area contributed by atoms with E-state index in [4.69, 9.17) is 35.2 Å². The first-order valence-electron chi connectivity index (χ1n) is 4.81. The minimum absolute atomic E-state index is 0. The Morgan fingerprint density at radius 2 is 1.12 bits per heavy atom. The number of hydrogen-bond acceptors (Lipinski definition) is 8. The fraction of sp³-hybridized carbons (Fsp3) is 1.00. The maximum absolute atomic E-state index is 9.10. The van der Waals surface area contributed by atoms with Gasteiger partial charge in [0.25, 0.3) is 0 Å². The minimum atomic E-state index is -1.52. The van der Waals surface area contributed by atoms with Gasteiger partial charge in [0.15, 0.2) is 0 Å². The highest BCUT2D eigenvalue weighted by atomic mass is 35.5. The topological polar surface area (TPSA) is 123 Å². The normalized spacial score (nSPS) is 11.6. The second-order valence-corrected chi connectivity index (χ2v) is 3.07. The lowest BCUT2D eigenvalue weighted by atomic mass is 10.1. The molecule has 0 aromatic heterocycles. The van der Waals surface area contributed by atoms with Gasteiger partial charge in [0, 0.05) is 0 Å². The Morgan fingerprint density at radius 1 is 0.765 bits per heavy atom. The van der Waals surface area contributed by atoms with Crippen LogP contribution in [0.3, 0.4) is 0 Å². The molecule has 0 saturated heterocycles. The van der Waals surface area contributed by atoms with Crippen LogP contribution in [0.25, 0.3) is 0 Å². The summed E-state index contributed by atoms with van der Waals surface area (Å²) in [6, 6.07) is 0. The van der Waals surface area contributed by atoms with Crippen LogP contribution in [0.4, 0.5) is 0 Å². The Hall–Kier alpha value is -0.0300. The van der Waals surface area contributed by atoms with Gasteiger partial charge in [0.05, 0.1) is 46.2 Å². The van der Waals surface area contributed by atoms with Crippen LogP contribution in [-0.4, -0.2) is 82.5 Å². The van der Waals surface area contributed by atoms with Gasteiger partial charge in [-0.25, -0.2) is 0 Å². The average Bonchev–Trinajstić information content (AvgIpc) is 2.34. The van der Waals surface area contributed by atoms with Gasteiger partial charge >= 0.3 is 0 Å². The van der Waals surface area contributed by atoms with Gasteiger partial charge < -0.3 is 25.5 Å². The van der Waals surface area contributed by atoms with Crippen molar-refractivity contribution in [2.24, 2.45) is 0 Å². The summed E-state index contributed by atoms with van der Waals surface area (Å²) in [6.07, 6.45) is 0. The molecule has 0 bridgehead atoms. The van der Waals surface area contributed by atoms with E-state index in [-0.39, 0.29) is 38.8 Å². The monoisotopic (exact) mass is 277 g/mol. The third-order valence-electron chi connectivity index (χ3n) is 1.87. The van der Waals surface area contributed by atoms with E-state index >= 15 is 0 Å². The summed E-state index contributed by atoms with van der Waals surface area (Å²) in [6.45, 7) is -2.69. The molecular formula is C8H20ClNO7. The van der Waals surface area contributed by atoms with Gasteiger partial charge in [-0.15, -0.1) is 12.4 Å². The van der Waals surface area contributed by atoms with E-state index < -0.39 is 25.4 Å². The number of aliphatic hydroxyl groups is 5. The quantitative estimate of drug-likeness (QED) is 0.273. The van der Waals surface area contributed by atoms with Crippen LogP contribution in [0.1, 0.15) is 0 Å². The molecule has 0 aromatic carbocycles. The van der Waals surface area contributed by atoms with E-state index in [1.165, 1.54) is 0 Å². The molecule has 0 aliphatic heterocycles. The third kappa shape index (κ3) is 5.91. The molecule has 106 valence electrons. The molecule has 0 aliphatic carbocycles. The number of halogens is 1. The molecule has 8 nitrogen and oxygen atoms in total. The molecule has 0 aliphatic rings. The van der Waals surface area contributed by atoms with E-state index in [1.807, 2.05) is 0 Å². The zero-order chi connectivity index (χ0) is 12.4. The molecule has 0 heterocycles. The van der Waals surface area contributed by atoms with Crippen LogP contribution in [0.15, 0.2) is 0 Å². The Kier molecular flexibility index (Phi) is 12.6.